The van der Waals surface area contributed by atoms with Gasteiger partial charge in [-0.25, -0.2) is 0 Å². The van der Waals surface area contributed by atoms with E-state index in [1.165, 1.54) is 11.8 Å². The van der Waals surface area contributed by atoms with E-state index < -0.39 is 5.97 Å². The van der Waals surface area contributed by atoms with E-state index in [9.17, 15) is 14.4 Å². The van der Waals surface area contributed by atoms with E-state index in [4.69, 9.17) is 16.7 Å². The molecule has 2 aromatic carbocycles. The molecule has 0 aromatic heterocycles. The molecule has 0 saturated carbocycles. The molecule has 1 atom stereocenters. The van der Waals surface area contributed by atoms with Crippen molar-refractivity contribution in [2.24, 2.45) is 0 Å². The van der Waals surface area contributed by atoms with Gasteiger partial charge in [0.1, 0.15) is 0 Å². The second-order valence-corrected chi connectivity index (χ2v) is 7.52. The van der Waals surface area contributed by atoms with E-state index in [2.05, 4.69) is 10.6 Å². The maximum atomic E-state index is 12.3. The molecule has 2 aromatic rings. The maximum absolute atomic E-state index is 12.3. The van der Waals surface area contributed by atoms with Gasteiger partial charge in [0, 0.05) is 17.0 Å². The average Bonchev–Trinajstić information content (AvgIpc) is 2.63. The third-order valence-electron chi connectivity index (χ3n) is 3.52. The van der Waals surface area contributed by atoms with Crippen LogP contribution in [0.4, 0.5) is 11.4 Å². The number of amides is 2. The van der Waals surface area contributed by atoms with Gasteiger partial charge in [0.25, 0.3) is 0 Å². The number of nitrogens with one attached hydrogen (secondary N) is 2. The quantitative estimate of drug-likeness (QED) is 0.569. The van der Waals surface area contributed by atoms with Gasteiger partial charge in [-0.1, -0.05) is 23.7 Å². The molecule has 0 aliphatic rings. The minimum Gasteiger partial charge on any atom is -0.481 e. The summed E-state index contributed by atoms with van der Waals surface area (Å²) >= 11 is 7.42. The van der Waals surface area contributed by atoms with Crippen LogP contribution in [0.1, 0.15) is 19.8 Å². The predicted molar refractivity (Wildman–Crippen MR) is 107 cm³/mol. The van der Waals surface area contributed by atoms with Gasteiger partial charge in [-0.2, -0.15) is 0 Å². The van der Waals surface area contributed by atoms with E-state index in [0.717, 1.165) is 4.90 Å². The normalized spacial score (nSPS) is 11.5. The lowest BCUT2D eigenvalue weighted by Crippen LogP contribution is -2.22. The van der Waals surface area contributed by atoms with E-state index in [-0.39, 0.29) is 29.9 Å². The van der Waals surface area contributed by atoms with Crippen molar-refractivity contribution < 1.29 is 19.5 Å². The molecule has 142 valence electrons. The summed E-state index contributed by atoms with van der Waals surface area (Å²) in [6, 6.07) is 14.0. The van der Waals surface area contributed by atoms with Gasteiger partial charge in [-0.05, 0) is 43.3 Å². The smallest absolute Gasteiger partial charge is 0.303 e. The maximum Gasteiger partial charge on any atom is 0.303 e. The van der Waals surface area contributed by atoms with Crippen LogP contribution >= 0.6 is 23.4 Å². The van der Waals surface area contributed by atoms with E-state index in [1.807, 2.05) is 0 Å². The van der Waals surface area contributed by atoms with Crippen LogP contribution in [-0.4, -0.2) is 28.1 Å². The minimum atomic E-state index is -1.01. The molecule has 8 heteroatoms. The first kappa shape index (κ1) is 20.8. The van der Waals surface area contributed by atoms with Gasteiger partial charge >= 0.3 is 5.97 Å². The summed E-state index contributed by atoms with van der Waals surface area (Å²) in [5.41, 5.74) is 1.14. The number of carbonyl (C=O) groups excluding carboxylic acids is 2. The summed E-state index contributed by atoms with van der Waals surface area (Å²) < 4.78 is 0. The highest BCUT2D eigenvalue weighted by molar-refractivity contribution is 8.00. The molecule has 0 radical (unpaired) electrons. The molecular formula is C19H19ClN2O4S. The number of hydrogen-bond acceptors (Lipinski definition) is 4. The van der Waals surface area contributed by atoms with Gasteiger partial charge in [0.15, 0.2) is 0 Å². The number of thioether (sulfide) groups is 1. The number of benzene rings is 2. The van der Waals surface area contributed by atoms with Crippen LogP contribution in [-0.2, 0) is 14.4 Å². The summed E-state index contributed by atoms with van der Waals surface area (Å²) in [6.07, 6.45) is -0.289. The molecule has 0 spiro atoms. The van der Waals surface area contributed by atoms with Crippen molar-refractivity contribution in [3.05, 3.63) is 53.6 Å². The van der Waals surface area contributed by atoms with Gasteiger partial charge in [-0.15, -0.1) is 11.8 Å². The minimum absolute atomic E-state index is 0.0783. The number of aliphatic carboxylic acids is 1. The molecule has 1 unspecified atom stereocenters. The van der Waals surface area contributed by atoms with Gasteiger partial charge in [0.05, 0.1) is 22.4 Å². The molecule has 6 nitrogen and oxygen atoms in total. The lowest BCUT2D eigenvalue weighted by atomic mass is 10.2. The average molecular weight is 407 g/mol. The number of carboxylic acids is 1. The molecule has 27 heavy (non-hydrogen) atoms. The van der Waals surface area contributed by atoms with Crippen LogP contribution in [0, 0.1) is 0 Å². The van der Waals surface area contributed by atoms with Crippen LogP contribution in [0.15, 0.2) is 53.4 Å². The Balaban J connectivity index is 1.87. The summed E-state index contributed by atoms with van der Waals surface area (Å²) in [5, 5.41) is 14.1. The SMILES string of the molecule is CC(Sc1ccc(NC(=O)CCC(=O)O)cc1)C(=O)Nc1ccccc1Cl. The summed E-state index contributed by atoms with van der Waals surface area (Å²) in [7, 11) is 0. The van der Waals surface area contributed by atoms with E-state index in [1.54, 1.807) is 55.5 Å². The molecule has 0 bridgehead atoms. The zero-order valence-corrected chi connectivity index (χ0v) is 16.1. The molecule has 2 amide bonds. The van der Waals surface area contributed by atoms with E-state index >= 15 is 0 Å². The molecular weight excluding hydrogens is 388 g/mol. The Bertz CT molecular complexity index is 827. The topological polar surface area (TPSA) is 95.5 Å². The first-order valence-corrected chi connectivity index (χ1v) is 9.44. The number of anilines is 2. The Kier molecular flexibility index (Phi) is 7.69. The van der Waals surface area contributed by atoms with Gasteiger partial charge in [-0.3, -0.25) is 14.4 Å². The van der Waals surface area contributed by atoms with Crippen LogP contribution in [0.25, 0.3) is 0 Å². The second-order valence-electron chi connectivity index (χ2n) is 5.70. The molecule has 0 aliphatic heterocycles. The highest BCUT2D eigenvalue weighted by Gasteiger charge is 2.15. The Morgan fingerprint density at radius 2 is 1.70 bits per heavy atom. The number of carboxylic acid groups (broad SMARTS) is 1. The Labute approximate surface area is 166 Å². The van der Waals surface area contributed by atoms with Crippen LogP contribution in [0.3, 0.4) is 0 Å². The van der Waals surface area contributed by atoms with Crippen molar-refractivity contribution in [3.8, 4) is 0 Å². The van der Waals surface area contributed by atoms with Crippen LogP contribution < -0.4 is 10.6 Å². The highest BCUT2D eigenvalue weighted by Crippen LogP contribution is 2.27. The lowest BCUT2D eigenvalue weighted by molar-refractivity contribution is -0.138. The zero-order valence-electron chi connectivity index (χ0n) is 14.6. The number of rotatable bonds is 8. The summed E-state index contributed by atoms with van der Waals surface area (Å²) in [6.45, 7) is 1.79. The van der Waals surface area contributed by atoms with Crippen LogP contribution in [0.2, 0.25) is 5.02 Å². The fraction of sp³-hybridized carbons (Fsp3) is 0.211. The summed E-state index contributed by atoms with van der Waals surface area (Å²) in [5.74, 6) is -1.54. The molecule has 0 heterocycles. The Hall–Kier alpha value is -2.51. The highest BCUT2D eigenvalue weighted by atomic mass is 35.5. The number of hydrogen-bond donors (Lipinski definition) is 3. The Morgan fingerprint density at radius 3 is 2.33 bits per heavy atom. The van der Waals surface area contributed by atoms with Gasteiger partial charge < -0.3 is 15.7 Å². The van der Waals surface area contributed by atoms with E-state index in [0.29, 0.717) is 16.4 Å². The largest absolute Gasteiger partial charge is 0.481 e. The predicted octanol–water partition coefficient (Wildman–Crippen LogP) is 4.26. The monoisotopic (exact) mass is 406 g/mol. The fourth-order valence-electron chi connectivity index (χ4n) is 2.12. The number of carbonyl (C=O) groups is 3. The lowest BCUT2D eigenvalue weighted by Gasteiger charge is -2.13. The van der Waals surface area contributed by atoms with Crippen molar-refractivity contribution in [1.29, 1.82) is 0 Å². The summed E-state index contributed by atoms with van der Waals surface area (Å²) in [4.78, 5) is 35.3. The van der Waals surface area contributed by atoms with Crippen molar-refractivity contribution in [2.75, 3.05) is 10.6 Å². The molecule has 0 saturated heterocycles. The third kappa shape index (κ3) is 6.96. The fourth-order valence-corrected chi connectivity index (χ4v) is 3.17. The van der Waals surface area contributed by atoms with Gasteiger partial charge in [0.2, 0.25) is 11.8 Å². The van der Waals surface area contributed by atoms with Crippen molar-refractivity contribution in [3.63, 3.8) is 0 Å². The standard InChI is InChI=1S/C19H19ClN2O4S/c1-12(19(26)22-16-5-3-2-4-15(16)20)27-14-8-6-13(7-9-14)21-17(23)10-11-18(24)25/h2-9,12H,10-11H2,1H3,(H,21,23)(H,22,26)(H,24,25). The van der Waals surface area contributed by atoms with Crippen molar-refractivity contribution >= 4 is 52.5 Å². The second kappa shape index (κ2) is 9.99. The van der Waals surface area contributed by atoms with Crippen molar-refractivity contribution in [1.82, 2.24) is 0 Å². The third-order valence-corrected chi connectivity index (χ3v) is 4.96. The number of halogens is 1. The molecule has 0 aliphatic carbocycles. The molecule has 3 N–H and O–H groups in total. The van der Waals surface area contributed by atoms with Crippen molar-refractivity contribution in [2.45, 2.75) is 29.9 Å². The molecule has 0 fully saturated rings. The van der Waals surface area contributed by atoms with Crippen LogP contribution in [0.5, 0.6) is 0 Å². The zero-order chi connectivity index (χ0) is 19.8. The first-order valence-electron chi connectivity index (χ1n) is 8.19. The number of para-hydroxylation sites is 1. The first-order chi connectivity index (χ1) is 12.8. The Morgan fingerprint density at radius 1 is 1.04 bits per heavy atom. The molecule has 2 rings (SSSR count).